The van der Waals surface area contributed by atoms with Crippen LogP contribution in [0.5, 0.6) is 11.5 Å². The third kappa shape index (κ3) is 8.76. The molecule has 0 aliphatic carbocycles. The Morgan fingerprint density at radius 3 is 2.09 bits per heavy atom. The maximum Gasteiger partial charge on any atom is 0.430 e. The first-order valence-electron chi connectivity index (χ1n) is 14.9. The molecule has 14 heteroatoms. The van der Waals surface area contributed by atoms with E-state index in [-0.39, 0.29) is 22.7 Å². The number of likely N-dealkylation sites (tertiary alicyclic amines) is 1. The predicted octanol–water partition coefficient (Wildman–Crippen LogP) is 4.70. The summed E-state index contributed by atoms with van der Waals surface area (Å²) in [6.45, 7) is 7.77. The number of carboxylic acid groups (broad SMARTS) is 2. The lowest BCUT2D eigenvalue weighted by Crippen LogP contribution is -2.41. The number of anilines is 1. The molecule has 1 spiro atoms. The molecule has 2 aliphatic rings. The van der Waals surface area contributed by atoms with E-state index in [2.05, 4.69) is 9.88 Å². The molecule has 10 nitrogen and oxygen atoms in total. The number of halogens is 4. The lowest BCUT2D eigenvalue weighted by atomic mass is 9.77. The largest absolute Gasteiger partial charge is 0.542 e. The van der Waals surface area contributed by atoms with Gasteiger partial charge in [0.1, 0.15) is 29.1 Å². The molecule has 0 saturated carbocycles. The second kappa shape index (κ2) is 14.8. The van der Waals surface area contributed by atoms with Crippen molar-refractivity contribution < 1.29 is 51.6 Å². The monoisotopic (exact) mass is 660 g/mol. The van der Waals surface area contributed by atoms with Gasteiger partial charge in [-0.2, -0.15) is 13.2 Å². The molecule has 252 valence electrons. The summed E-state index contributed by atoms with van der Waals surface area (Å²) >= 11 is 0. The number of hydrogen-bond acceptors (Lipinski definition) is 8. The Morgan fingerprint density at radius 1 is 1.00 bits per heavy atom. The molecule has 47 heavy (non-hydrogen) atoms. The molecule has 2 aliphatic heterocycles. The minimum absolute atomic E-state index is 0.0115. The fraction of sp³-hybridized carbons (Fsp3) is 0.394. The maximum absolute atomic E-state index is 13.6. The normalized spacial score (nSPS) is 16.0. The van der Waals surface area contributed by atoms with Crippen LogP contribution >= 0.6 is 0 Å². The summed E-state index contributed by atoms with van der Waals surface area (Å²) < 4.78 is 57.2. The van der Waals surface area contributed by atoms with Gasteiger partial charge in [0.15, 0.2) is 0 Å². The highest BCUT2D eigenvalue weighted by Crippen LogP contribution is 2.44. The Hall–Kier alpha value is -4.72. The SMILES string of the molecule is CCOc1cc(CN2CCC3(CC2)CC(=O)N(c2cc(C(=O)O)ccn2)C3)cc(OCC)c1-c1ccc(F)cc1.O=C([O-])C(F)(F)F. The zero-order valence-corrected chi connectivity index (χ0v) is 25.8. The van der Waals surface area contributed by atoms with Crippen LogP contribution in [0.15, 0.2) is 54.7 Å². The number of aliphatic carboxylic acids is 1. The number of aromatic nitrogens is 1. The predicted molar refractivity (Wildman–Crippen MR) is 160 cm³/mol. The first kappa shape index (κ1) is 35.1. The van der Waals surface area contributed by atoms with E-state index >= 15 is 0 Å². The van der Waals surface area contributed by atoms with E-state index in [0.29, 0.717) is 50.0 Å². The quantitative estimate of drug-likeness (QED) is 0.325. The van der Waals surface area contributed by atoms with Gasteiger partial charge in [-0.15, -0.1) is 0 Å². The van der Waals surface area contributed by atoms with Crippen LogP contribution in [0, 0.1) is 11.2 Å². The fourth-order valence-corrected chi connectivity index (χ4v) is 5.76. The average molecular weight is 661 g/mol. The number of carboxylic acids is 2. The van der Waals surface area contributed by atoms with E-state index in [4.69, 9.17) is 19.4 Å². The molecule has 1 N–H and O–H groups in total. The summed E-state index contributed by atoms with van der Waals surface area (Å²) in [5.74, 6) is -2.54. The van der Waals surface area contributed by atoms with Gasteiger partial charge < -0.3 is 24.5 Å². The third-order valence-electron chi connectivity index (χ3n) is 8.00. The standard InChI is InChI=1S/C31H34FN3O5.C2HF3O2/c1-3-39-25-15-21(16-26(40-4-2)29(25)22-5-7-24(32)8-6-22)19-34-13-10-31(11-14-34)18-28(36)35(20-31)27-17-23(30(37)38)9-12-33-27;3-2(4,5)1(6)7/h5-9,12,15-17H,3-4,10-11,13-14,18-20H2,1-2H3,(H,37,38);(H,6,7)/p-1. The first-order valence-corrected chi connectivity index (χ1v) is 14.9. The van der Waals surface area contributed by atoms with Crippen LogP contribution in [0.2, 0.25) is 0 Å². The number of pyridine rings is 1. The molecule has 3 heterocycles. The molecule has 0 atom stereocenters. The highest BCUT2D eigenvalue weighted by Gasteiger charge is 2.45. The Bertz CT molecular complexity index is 1560. The van der Waals surface area contributed by atoms with E-state index in [1.54, 1.807) is 17.0 Å². The lowest BCUT2D eigenvalue weighted by molar-refractivity contribution is -0.344. The Labute approximate surface area is 268 Å². The van der Waals surface area contributed by atoms with E-state index in [1.807, 2.05) is 26.0 Å². The minimum Gasteiger partial charge on any atom is -0.542 e. The van der Waals surface area contributed by atoms with Gasteiger partial charge in [0.25, 0.3) is 0 Å². The van der Waals surface area contributed by atoms with E-state index < -0.39 is 18.1 Å². The Kier molecular flexibility index (Phi) is 11.1. The number of carbonyl (C=O) groups excluding carboxylic acids is 2. The number of hydrogen-bond donors (Lipinski definition) is 1. The van der Waals surface area contributed by atoms with Crippen molar-refractivity contribution in [3.63, 3.8) is 0 Å². The van der Waals surface area contributed by atoms with Crippen molar-refractivity contribution in [2.75, 3.05) is 37.7 Å². The van der Waals surface area contributed by atoms with E-state index in [0.717, 1.165) is 42.6 Å². The molecule has 2 fully saturated rings. The summed E-state index contributed by atoms with van der Waals surface area (Å²) in [6.07, 6.45) is -1.60. The molecule has 0 radical (unpaired) electrons. The fourth-order valence-electron chi connectivity index (χ4n) is 5.76. The summed E-state index contributed by atoms with van der Waals surface area (Å²) in [7, 11) is 0. The highest BCUT2D eigenvalue weighted by atomic mass is 19.4. The molecule has 2 saturated heterocycles. The van der Waals surface area contributed by atoms with Crippen molar-refractivity contribution >= 4 is 23.7 Å². The molecule has 1 amide bonds. The summed E-state index contributed by atoms with van der Waals surface area (Å²) in [5.41, 5.74) is 2.69. The van der Waals surface area contributed by atoms with Gasteiger partial charge >= 0.3 is 12.1 Å². The van der Waals surface area contributed by atoms with Gasteiger partial charge in [0, 0.05) is 25.7 Å². The Balaban J connectivity index is 0.000000644. The number of alkyl halides is 3. The molecule has 5 rings (SSSR count). The Morgan fingerprint density at radius 2 is 1.57 bits per heavy atom. The van der Waals surface area contributed by atoms with Gasteiger partial charge in [-0.1, -0.05) is 12.1 Å². The van der Waals surface area contributed by atoms with Crippen LogP contribution in [0.1, 0.15) is 49.0 Å². The van der Waals surface area contributed by atoms with Crippen molar-refractivity contribution in [2.24, 2.45) is 5.41 Å². The maximum atomic E-state index is 13.6. The molecule has 3 aromatic rings. The molecular formula is C33H34F4N3O7-. The second-order valence-electron chi connectivity index (χ2n) is 11.3. The number of benzene rings is 2. The molecule has 0 unspecified atom stereocenters. The molecule has 2 aromatic carbocycles. The van der Waals surface area contributed by atoms with Gasteiger partial charge in [0.05, 0.1) is 24.3 Å². The van der Waals surface area contributed by atoms with Crippen molar-refractivity contribution in [3.8, 4) is 22.6 Å². The van der Waals surface area contributed by atoms with Gasteiger partial charge in [-0.25, -0.2) is 14.2 Å². The van der Waals surface area contributed by atoms with E-state index in [1.165, 1.54) is 30.5 Å². The van der Waals surface area contributed by atoms with Crippen LogP contribution in [0.4, 0.5) is 23.4 Å². The smallest absolute Gasteiger partial charge is 0.430 e. The molecular weight excluding hydrogens is 626 g/mol. The number of ether oxygens (including phenoxy) is 2. The van der Waals surface area contributed by atoms with Gasteiger partial charge in [-0.05, 0) is 92.7 Å². The first-order chi connectivity index (χ1) is 22.2. The molecule has 0 bridgehead atoms. The average Bonchev–Trinajstić information content (AvgIpc) is 3.34. The van der Waals surface area contributed by atoms with Crippen molar-refractivity contribution in [3.05, 3.63) is 71.7 Å². The van der Waals surface area contributed by atoms with Crippen molar-refractivity contribution in [1.29, 1.82) is 0 Å². The van der Waals surface area contributed by atoms with E-state index in [9.17, 15) is 32.3 Å². The van der Waals surface area contributed by atoms with Crippen molar-refractivity contribution in [2.45, 2.75) is 45.8 Å². The van der Waals surface area contributed by atoms with Crippen LogP contribution in [0.25, 0.3) is 11.1 Å². The zero-order valence-electron chi connectivity index (χ0n) is 25.8. The third-order valence-corrected chi connectivity index (χ3v) is 8.00. The van der Waals surface area contributed by atoms with Gasteiger partial charge in [0.2, 0.25) is 5.91 Å². The minimum atomic E-state index is -5.19. The zero-order chi connectivity index (χ0) is 34.4. The van der Waals surface area contributed by atoms with Crippen LogP contribution in [-0.2, 0) is 16.1 Å². The van der Waals surface area contributed by atoms with Crippen molar-refractivity contribution in [1.82, 2.24) is 9.88 Å². The molecule has 1 aromatic heterocycles. The van der Waals surface area contributed by atoms with Crippen LogP contribution in [-0.4, -0.2) is 71.9 Å². The number of piperidine rings is 1. The summed E-state index contributed by atoms with van der Waals surface area (Å²) in [6, 6.07) is 13.3. The summed E-state index contributed by atoms with van der Waals surface area (Å²) in [5, 5.41) is 18.1. The van der Waals surface area contributed by atoms with Crippen LogP contribution in [0.3, 0.4) is 0 Å². The number of carbonyl (C=O) groups is 3. The lowest BCUT2D eigenvalue weighted by Gasteiger charge is -2.38. The number of amides is 1. The summed E-state index contributed by atoms with van der Waals surface area (Å²) in [4.78, 5) is 41.4. The second-order valence-corrected chi connectivity index (χ2v) is 11.3. The number of aromatic carboxylic acids is 1. The van der Waals surface area contributed by atoms with Gasteiger partial charge in [-0.3, -0.25) is 14.6 Å². The highest BCUT2D eigenvalue weighted by molar-refractivity contribution is 5.97. The number of nitrogens with zero attached hydrogens (tertiary/aromatic N) is 3. The number of rotatable bonds is 9. The van der Waals surface area contributed by atoms with Crippen LogP contribution < -0.4 is 19.5 Å². The topological polar surface area (TPSA) is 132 Å².